The summed E-state index contributed by atoms with van der Waals surface area (Å²) >= 11 is 1.69. The van der Waals surface area contributed by atoms with Gasteiger partial charge in [0.15, 0.2) is 0 Å². The lowest BCUT2D eigenvalue weighted by Crippen LogP contribution is -2.48. The summed E-state index contributed by atoms with van der Waals surface area (Å²) in [6.07, 6.45) is 4.88. The molecule has 0 unspecified atom stereocenters. The average Bonchev–Trinajstić information content (AvgIpc) is 3.10. The van der Waals surface area contributed by atoms with Crippen molar-refractivity contribution in [2.24, 2.45) is 0 Å². The monoisotopic (exact) mass is 352 g/mol. The number of fused-ring (bicyclic) bond motifs is 1. The molecule has 25 heavy (non-hydrogen) atoms. The van der Waals surface area contributed by atoms with Crippen LogP contribution in [0.15, 0.2) is 48.8 Å². The first-order chi connectivity index (χ1) is 12.3. The van der Waals surface area contributed by atoms with Crippen LogP contribution in [0.1, 0.15) is 11.4 Å². The second-order valence-corrected chi connectivity index (χ2v) is 7.26. The Kier molecular flexibility index (Phi) is 4.61. The number of rotatable bonds is 4. The summed E-state index contributed by atoms with van der Waals surface area (Å²) in [5, 5.41) is 1.05. The molecule has 0 saturated carbocycles. The number of piperazine rings is 1. The van der Waals surface area contributed by atoms with Crippen LogP contribution < -0.4 is 4.90 Å². The summed E-state index contributed by atoms with van der Waals surface area (Å²) in [5.41, 5.74) is 2.21. The first-order valence-corrected chi connectivity index (χ1v) is 9.38. The van der Waals surface area contributed by atoms with Crippen molar-refractivity contribution in [3.63, 3.8) is 0 Å². The fraction of sp³-hybridized carbons (Fsp3) is 0.316. The molecule has 0 N–H and O–H groups in total. The molecule has 128 valence electrons. The lowest BCUT2D eigenvalue weighted by molar-refractivity contribution is -0.131. The maximum Gasteiger partial charge on any atom is 0.223 e. The molecule has 5 nitrogen and oxygen atoms in total. The molecule has 4 rings (SSSR count). The highest BCUT2D eigenvalue weighted by atomic mass is 32.1. The van der Waals surface area contributed by atoms with Gasteiger partial charge in [-0.15, -0.1) is 11.3 Å². The number of nitrogens with zero attached hydrogens (tertiary/aromatic N) is 4. The van der Waals surface area contributed by atoms with Gasteiger partial charge < -0.3 is 9.80 Å². The largest absolute Gasteiger partial charge is 0.368 e. The van der Waals surface area contributed by atoms with Crippen LogP contribution in [0.25, 0.3) is 10.2 Å². The Morgan fingerprint density at radius 2 is 1.80 bits per heavy atom. The first-order valence-electron chi connectivity index (χ1n) is 8.57. The Labute approximate surface area is 150 Å². The molecule has 0 aliphatic carbocycles. The first kappa shape index (κ1) is 16.0. The molecule has 2 aromatic heterocycles. The third kappa shape index (κ3) is 3.64. The van der Waals surface area contributed by atoms with E-state index < -0.39 is 0 Å². The molecule has 3 heterocycles. The molecule has 1 amide bonds. The van der Waals surface area contributed by atoms with Crippen molar-refractivity contribution < 1.29 is 4.79 Å². The van der Waals surface area contributed by atoms with E-state index in [1.165, 1.54) is 10.4 Å². The zero-order valence-electron chi connectivity index (χ0n) is 14.0. The number of carbonyl (C=O) groups is 1. The molecule has 0 atom stereocenters. The predicted molar refractivity (Wildman–Crippen MR) is 101 cm³/mol. The van der Waals surface area contributed by atoms with Crippen molar-refractivity contribution in [3.8, 4) is 0 Å². The molecule has 1 aliphatic heterocycles. The Hall–Kier alpha value is -2.47. The van der Waals surface area contributed by atoms with Gasteiger partial charge in [0.1, 0.15) is 0 Å². The van der Waals surface area contributed by atoms with E-state index in [-0.39, 0.29) is 5.91 Å². The molecule has 1 fully saturated rings. The quantitative estimate of drug-likeness (QED) is 0.724. The summed E-state index contributed by atoms with van der Waals surface area (Å²) in [6.45, 7) is 3.30. The van der Waals surface area contributed by atoms with E-state index in [1.807, 2.05) is 47.6 Å². The van der Waals surface area contributed by atoms with E-state index >= 15 is 0 Å². The van der Waals surface area contributed by atoms with Gasteiger partial charge in [0.2, 0.25) is 5.91 Å². The van der Waals surface area contributed by atoms with E-state index in [4.69, 9.17) is 0 Å². The number of hydrogen-bond donors (Lipinski definition) is 0. The number of amides is 1. The number of aromatic nitrogens is 2. The van der Waals surface area contributed by atoms with Gasteiger partial charge in [0.25, 0.3) is 0 Å². The summed E-state index contributed by atoms with van der Waals surface area (Å²) in [5.74, 6) is 0.230. The zero-order valence-corrected chi connectivity index (χ0v) is 14.8. The Morgan fingerprint density at radius 3 is 2.56 bits per heavy atom. The number of carbonyl (C=O) groups excluding carboxylic acids is 1. The van der Waals surface area contributed by atoms with Crippen LogP contribution in [0, 0.1) is 0 Å². The van der Waals surface area contributed by atoms with Gasteiger partial charge >= 0.3 is 0 Å². The van der Waals surface area contributed by atoms with Crippen LogP contribution in [-0.4, -0.2) is 47.0 Å². The summed E-state index contributed by atoms with van der Waals surface area (Å²) in [4.78, 5) is 25.5. The molecule has 3 aromatic rings. The lowest BCUT2D eigenvalue weighted by Gasteiger charge is -2.36. The fourth-order valence-electron chi connectivity index (χ4n) is 3.17. The smallest absolute Gasteiger partial charge is 0.223 e. The van der Waals surface area contributed by atoms with Crippen molar-refractivity contribution in [3.05, 3.63) is 53.8 Å². The van der Waals surface area contributed by atoms with Gasteiger partial charge in [0.05, 0.1) is 15.2 Å². The van der Waals surface area contributed by atoms with E-state index in [2.05, 4.69) is 20.9 Å². The van der Waals surface area contributed by atoms with E-state index in [1.54, 1.807) is 11.3 Å². The normalized spacial score (nSPS) is 14.9. The molecule has 1 aromatic carbocycles. The Morgan fingerprint density at radius 1 is 1.04 bits per heavy atom. The number of pyridine rings is 1. The minimum atomic E-state index is 0.230. The minimum absolute atomic E-state index is 0.230. The van der Waals surface area contributed by atoms with E-state index in [0.29, 0.717) is 6.42 Å². The summed E-state index contributed by atoms with van der Waals surface area (Å²) < 4.78 is 1.19. The highest BCUT2D eigenvalue weighted by molar-refractivity contribution is 7.18. The molecule has 1 aliphatic rings. The number of benzene rings is 1. The highest BCUT2D eigenvalue weighted by Gasteiger charge is 2.21. The van der Waals surface area contributed by atoms with Crippen molar-refractivity contribution >= 4 is 33.1 Å². The number of thiazole rings is 1. The van der Waals surface area contributed by atoms with Gasteiger partial charge in [-0.1, -0.05) is 12.1 Å². The van der Waals surface area contributed by atoms with Crippen molar-refractivity contribution in [1.82, 2.24) is 14.9 Å². The van der Waals surface area contributed by atoms with E-state index in [0.717, 1.165) is 43.1 Å². The average molecular weight is 352 g/mol. The summed E-state index contributed by atoms with van der Waals surface area (Å²) in [7, 11) is 0. The van der Waals surface area contributed by atoms with Gasteiger partial charge in [-0.3, -0.25) is 9.78 Å². The van der Waals surface area contributed by atoms with E-state index in [9.17, 15) is 4.79 Å². The van der Waals surface area contributed by atoms with Crippen LogP contribution in [0.2, 0.25) is 0 Å². The van der Waals surface area contributed by atoms with Crippen LogP contribution in [0.3, 0.4) is 0 Å². The van der Waals surface area contributed by atoms with Gasteiger partial charge in [0, 0.05) is 57.1 Å². The second kappa shape index (κ2) is 7.19. The molecule has 0 radical (unpaired) electrons. The summed E-state index contributed by atoms with van der Waals surface area (Å²) in [6, 6.07) is 12.2. The number of anilines is 1. The molecule has 0 spiro atoms. The van der Waals surface area contributed by atoms with Gasteiger partial charge in [-0.05, 0) is 24.3 Å². The van der Waals surface area contributed by atoms with Crippen LogP contribution >= 0.6 is 11.3 Å². The van der Waals surface area contributed by atoms with Crippen LogP contribution in [0.5, 0.6) is 0 Å². The van der Waals surface area contributed by atoms with Crippen LogP contribution in [-0.2, 0) is 11.2 Å². The molecular formula is C19H20N4OS. The second-order valence-electron chi connectivity index (χ2n) is 6.15. The molecular weight excluding hydrogens is 332 g/mol. The standard InChI is InChI=1S/C19H20N4OS/c24-19(6-5-18-21-16-3-1-2-4-17(16)25-18)23-13-11-22(12-14-23)15-7-9-20-10-8-15/h1-4,7-10H,5-6,11-14H2. The molecule has 6 heteroatoms. The maximum absolute atomic E-state index is 12.5. The van der Waals surface area contributed by atoms with Gasteiger partial charge in [-0.2, -0.15) is 0 Å². The van der Waals surface area contributed by atoms with Crippen LogP contribution in [0.4, 0.5) is 5.69 Å². The number of aryl methyl sites for hydroxylation is 1. The topological polar surface area (TPSA) is 49.3 Å². The molecule has 1 saturated heterocycles. The minimum Gasteiger partial charge on any atom is -0.368 e. The van der Waals surface area contributed by atoms with Gasteiger partial charge in [-0.25, -0.2) is 4.98 Å². The molecule has 0 bridgehead atoms. The number of para-hydroxylation sites is 1. The highest BCUT2D eigenvalue weighted by Crippen LogP contribution is 2.23. The fourth-order valence-corrected chi connectivity index (χ4v) is 4.13. The van der Waals surface area contributed by atoms with Crippen molar-refractivity contribution in [1.29, 1.82) is 0 Å². The SMILES string of the molecule is O=C(CCc1nc2ccccc2s1)N1CCN(c2ccncc2)CC1. The predicted octanol–water partition coefficient (Wildman–Crippen LogP) is 2.97. The third-order valence-corrected chi connectivity index (χ3v) is 5.65. The third-order valence-electron chi connectivity index (χ3n) is 4.55. The van der Waals surface area contributed by atoms with Crippen molar-refractivity contribution in [2.45, 2.75) is 12.8 Å². The maximum atomic E-state index is 12.5. The Balaban J connectivity index is 1.30. The Bertz CT molecular complexity index is 823. The lowest BCUT2D eigenvalue weighted by atomic mass is 10.2. The zero-order chi connectivity index (χ0) is 17.1. The number of hydrogen-bond acceptors (Lipinski definition) is 5. The van der Waals surface area contributed by atoms with Crippen molar-refractivity contribution in [2.75, 3.05) is 31.1 Å².